The Balaban J connectivity index is 2.09. The Kier molecular flexibility index (Phi) is 3.14. The topological polar surface area (TPSA) is 55.1 Å². The number of fused-ring (bicyclic) bond motifs is 2. The first-order valence-corrected chi connectivity index (χ1v) is 6.41. The zero-order chi connectivity index (χ0) is 13.2. The molecule has 1 aliphatic heterocycles. The van der Waals surface area contributed by atoms with E-state index in [4.69, 9.17) is 26.3 Å². The first-order chi connectivity index (χ1) is 9.28. The molecule has 19 heavy (non-hydrogen) atoms. The van der Waals surface area contributed by atoms with Crippen molar-refractivity contribution in [3.8, 4) is 17.6 Å². The Morgan fingerprint density at radius 2 is 1.95 bits per heavy atom. The molecule has 1 aliphatic rings. The minimum Gasteiger partial charge on any atom is -0.486 e. The molecule has 0 saturated carbocycles. The molecule has 0 amide bonds. The molecular formula is C14H11ClN2O2. The van der Waals surface area contributed by atoms with Gasteiger partial charge in [-0.2, -0.15) is 5.26 Å². The van der Waals surface area contributed by atoms with Crippen molar-refractivity contribution < 1.29 is 9.47 Å². The minimum atomic E-state index is 0.428. The van der Waals surface area contributed by atoms with Gasteiger partial charge in [-0.1, -0.05) is 11.6 Å². The summed E-state index contributed by atoms with van der Waals surface area (Å²) < 4.78 is 11.1. The van der Waals surface area contributed by atoms with E-state index in [0.29, 0.717) is 37.0 Å². The van der Waals surface area contributed by atoms with Crippen molar-refractivity contribution in [3.63, 3.8) is 0 Å². The average molecular weight is 275 g/mol. The first kappa shape index (κ1) is 12.1. The molecule has 0 unspecified atom stereocenters. The van der Waals surface area contributed by atoms with Crippen molar-refractivity contribution in [1.29, 1.82) is 5.26 Å². The van der Waals surface area contributed by atoms with E-state index in [9.17, 15) is 0 Å². The van der Waals surface area contributed by atoms with E-state index in [-0.39, 0.29) is 0 Å². The van der Waals surface area contributed by atoms with Gasteiger partial charge in [-0.25, -0.2) is 4.98 Å². The Labute approximate surface area is 115 Å². The lowest BCUT2D eigenvalue weighted by Gasteiger charge is -2.18. The van der Waals surface area contributed by atoms with Gasteiger partial charge in [0.1, 0.15) is 18.4 Å². The van der Waals surface area contributed by atoms with Crippen molar-refractivity contribution in [3.05, 3.63) is 28.9 Å². The largest absolute Gasteiger partial charge is 0.486 e. The number of hydrogen-bond donors (Lipinski definition) is 0. The molecular weight excluding hydrogens is 264 g/mol. The summed E-state index contributed by atoms with van der Waals surface area (Å²) in [4.78, 5) is 4.36. The van der Waals surface area contributed by atoms with E-state index < -0.39 is 0 Å². The highest BCUT2D eigenvalue weighted by Crippen LogP contribution is 2.35. The fourth-order valence-electron chi connectivity index (χ4n) is 2.10. The number of nitriles is 1. The maximum Gasteiger partial charge on any atom is 0.163 e. The normalized spacial score (nSPS) is 13.3. The number of aromatic nitrogens is 1. The first-order valence-electron chi connectivity index (χ1n) is 6.03. The summed E-state index contributed by atoms with van der Waals surface area (Å²) in [6.45, 7) is 1.10. The lowest BCUT2D eigenvalue weighted by molar-refractivity contribution is 0.172. The summed E-state index contributed by atoms with van der Waals surface area (Å²) >= 11 is 6.13. The van der Waals surface area contributed by atoms with Crippen LogP contribution < -0.4 is 9.47 Å². The molecule has 0 N–H and O–H groups in total. The fourth-order valence-corrected chi connectivity index (χ4v) is 2.34. The van der Waals surface area contributed by atoms with Crippen molar-refractivity contribution in [2.24, 2.45) is 0 Å². The van der Waals surface area contributed by atoms with E-state index in [1.165, 1.54) is 0 Å². The van der Waals surface area contributed by atoms with Crippen LogP contribution >= 0.6 is 11.6 Å². The predicted molar refractivity (Wildman–Crippen MR) is 71.7 cm³/mol. The second-order valence-electron chi connectivity index (χ2n) is 4.28. The highest BCUT2D eigenvalue weighted by Gasteiger charge is 2.14. The summed E-state index contributed by atoms with van der Waals surface area (Å²) in [5, 5.41) is 10.0. The number of rotatable bonds is 2. The molecule has 2 aromatic rings. The second kappa shape index (κ2) is 4.94. The van der Waals surface area contributed by atoms with Crippen LogP contribution in [-0.2, 0) is 6.42 Å². The molecule has 3 rings (SSSR count). The van der Waals surface area contributed by atoms with Crippen LogP contribution in [0.15, 0.2) is 18.2 Å². The number of ether oxygens (including phenoxy) is 2. The van der Waals surface area contributed by atoms with Gasteiger partial charge in [0.05, 0.1) is 11.6 Å². The highest BCUT2D eigenvalue weighted by atomic mass is 35.5. The van der Waals surface area contributed by atoms with Crippen LogP contribution in [0.3, 0.4) is 0 Å². The van der Waals surface area contributed by atoms with Gasteiger partial charge in [-0.3, -0.25) is 0 Å². The van der Waals surface area contributed by atoms with E-state index in [2.05, 4.69) is 11.1 Å². The van der Waals surface area contributed by atoms with E-state index >= 15 is 0 Å². The number of nitrogens with zero attached hydrogens (tertiary/aromatic N) is 2. The van der Waals surface area contributed by atoms with Crippen LogP contribution in [0.1, 0.15) is 12.0 Å². The third-order valence-corrected chi connectivity index (χ3v) is 3.34. The smallest absolute Gasteiger partial charge is 0.163 e. The molecule has 1 aromatic carbocycles. The van der Waals surface area contributed by atoms with E-state index in [1.807, 2.05) is 18.2 Å². The summed E-state index contributed by atoms with van der Waals surface area (Å²) in [5.41, 5.74) is 1.65. The molecule has 2 heterocycles. The van der Waals surface area contributed by atoms with Crippen molar-refractivity contribution in [1.82, 2.24) is 4.98 Å². The minimum absolute atomic E-state index is 0.428. The molecule has 0 fully saturated rings. The molecule has 0 spiro atoms. The second-order valence-corrected chi connectivity index (χ2v) is 4.64. The monoisotopic (exact) mass is 274 g/mol. The fraction of sp³-hybridized carbons (Fsp3) is 0.286. The Morgan fingerprint density at radius 1 is 1.21 bits per heavy atom. The lowest BCUT2D eigenvalue weighted by Crippen LogP contribution is -2.15. The Bertz CT molecular complexity index is 679. The number of halogens is 1. The average Bonchev–Trinajstić information content (AvgIpc) is 2.43. The quantitative estimate of drug-likeness (QED) is 0.790. The lowest BCUT2D eigenvalue weighted by atomic mass is 10.1. The van der Waals surface area contributed by atoms with Gasteiger partial charge >= 0.3 is 0 Å². The molecule has 0 radical (unpaired) electrons. The molecule has 0 aliphatic carbocycles. The van der Waals surface area contributed by atoms with Crippen LogP contribution in [0.4, 0.5) is 0 Å². The molecule has 0 bridgehead atoms. The van der Waals surface area contributed by atoms with Gasteiger partial charge in [0, 0.05) is 17.9 Å². The van der Waals surface area contributed by atoms with Crippen molar-refractivity contribution in [2.45, 2.75) is 12.8 Å². The number of hydrogen-bond acceptors (Lipinski definition) is 4. The molecule has 0 saturated heterocycles. The van der Waals surface area contributed by atoms with Gasteiger partial charge in [-0.15, -0.1) is 0 Å². The molecule has 4 nitrogen and oxygen atoms in total. The summed E-state index contributed by atoms with van der Waals surface area (Å²) in [6.07, 6.45) is 1.03. The Morgan fingerprint density at radius 3 is 2.68 bits per heavy atom. The zero-order valence-electron chi connectivity index (χ0n) is 10.1. The van der Waals surface area contributed by atoms with Gasteiger partial charge in [0.15, 0.2) is 11.5 Å². The van der Waals surface area contributed by atoms with E-state index in [1.54, 1.807) is 0 Å². The van der Waals surface area contributed by atoms with Crippen molar-refractivity contribution in [2.75, 3.05) is 13.2 Å². The van der Waals surface area contributed by atoms with Crippen LogP contribution in [0.5, 0.6) is 11.5 Å². The van der Waals surface area contributed by atoms with Gasteiger partial charge in [0.25, 0.3) is 0 Å². The van der Waals surface area contributed by atoms with Gasteiger partial charge < -0.3 is 9.47 Å². The standard InChI is InChI=1S/C14H11ClN2O2/c15-14-9(2-1-3-16)6-10-7-12-13(8-11(10)17-14)19-5-4-18-12/h6-8H,1-2,4-5H2. The SMILES string of the molecule is N#CCCc1cc2cc3c(cc2nc1Cl)OCCO3. The predicted octanol–water partition coefficient (Wildman–Crippen LogP) is 3.12. The summed E-state index contributed by atoms with van der Waals surface area (Å²) in [5.74, 6) is 1.43. The molecule has 1 aromatic heterocycles. The highest BCUT2D eigenvalue weighted by molar-refractivity contribution is 6.30. The number of benzene rings is 1. The van der Waals surface area contributed by atoms with Crippen molar-refractivity contribution >= 4 is 22.5 Å². The van der Waals surface area contributed by atoms with Crippen LogP contribution in [0.25, 0.3) is 10.9 Å². The third-order valence-electron chi connectivity index (χ3n) is 3.01. The third kappa shape index (κ3) is 2.29. The molecule has 96 valence electrons. The number of pyridine rings is 1. The Hall–Kier alpha value is -1.99. The van der Waals surface area contributed by atoms with E-state index in [0.717, 1.165) is 22.2 Å². The maximum absolute atomic E-state index is 8.64. The zero-order valence-corrected chi connectivity index (χ0v) is 10.9. The maximum atomic E-state index is 8.64. The summed E-state index contributed by atoms with van der Waals surface area (Å²) in [7, 11) is 0. The molecule has 0 atom stereocenters. The van der Waals surface area contributed by atoms with Crippen LogP contribution in [0, 0.1) is 11.3 Å². The van der Waals surface area contributed by atoms with Gasteiger partial charge in [-0.05, 0) is 24.1 Å². The summed E-state index contributed by atoms with van der Waals surface area (Å²) in [6, 6.07) is 7.81. The van der Waals surface area contributed by atoms with Crippen LogP contribution in [-0.4, -0.2) is 18.2 Å². The van der Waals surface area contributed by atoms with Gasteiger partial charge in [0.2, 0.25) is 0 Å². The molecule has 5 heteroatoms. The van der Waals surface area contributed by atoms with Crippen LogP contribution in [0.2, 0.25) is 5.15 Å². The number of aryl methyl sites for hydroxylation is 1.